The van der Waals surface area contributed by atoms with Gasteiger partial charge in [0.05, 0.1) is 0 Å². The number of allylic oxidation sites excluding steroid dienone is 2. The van der Waals surface area contributed by atoms with Crippen molar-refractivity contribution < 1.29 is 9.05 Å². The van der Waals surface area contributed by atoms with Gasteiger partial charge in [-0.25, -0.2) is 0 Å². The monoisotopic (exact) mass is 250 g/mol. The topological polar surface area (TPSA) is 30.5 Å². The van der Waals surface area contributed by atoms with Crippen molar-refractivity contribution in [2.75, 3.05) is 13.3 Å². The van der Waals surface area contributed by atoms with E-state index in [0.29, 0.717) is 12.6 Å². The average molecular weight is 250 g/mol. The molecule has 1 atom stereocenters. The molecule has 0 aromatic rings. The van der Waals surface area contributed by atoms with Gasteiger partial charge in [0.2, 0.25) is 11.8 Å². The van der Waals surface area contributed by atoms with Gasteiger partial charge < -0.3 is 0 Å². The highest BCUT2D eigenvalue weighted by molar-refractivity contribution is 8.00. The Morgan fingerprint density at radius 2 is 2.20 bits per heavy atom. The zero-order valence-electron chi connectivity index (χ0n) is 9.95. The van der Waals surface area contributed by atoms with Crippen LogP contribution in [0.2, 0.25) is 0 Å². The van der Waals surface area contributed by atoms with Gasteiger partial charge in [-0.3, -0.25) is 9.84 Å². The molecule has 0 aliphatic rings. The summed E-state index contributed by atoms with van der Waals surface area (Å²) in [5.41, 5.74) is 0. The van der Waals surface area contributed by atoms with E-state index in [1.807, 2.05) is 13.8 Å². The Balaban J connectivity index is 3.70. The Hall–Kier alpha value is -0.0200. The molecule has 15 heavy (non-hydrogen) atoms. The Morgan fingerprint density at radius 1 is 1.53 bits per heavy atom. The van der Waals surface area contributed by atoms with Crippen LogP contribution < -0.4 is 5.32 Å². The summed E-state index contributed by atoms with van der Waals surface area (Å²) in [6.45, 7) is 9.61. The highest BCUT2D eigenvalue weighted by atomic mass is 32.4. The first-order valence-electron chi connectivity index (χ1n) is 5.21. The van der Waals surface area contributed by atoms with Crippen LogP contribution in [0.1, 0.15) is 34.1 Å². The van der Waals surface area contributed by atoms with Crippen molar-refractivity contribution in [2.24, 2.45) is 5.92 Å². The van der Waals surface area contributed by atoms with E-state index in [0.717, 1.165) is 18.7 Å². The molecule has 0 aromatic carbocycles. The lowest BCUT2D eigenvalue weighted by Crippen LogP contribution is -2.14. The second-order valence-corrected chi connectivity index (χ2v) is 5.42. The van der Waals surface area contributed by atoms with Crippen LogP contribution in [0.4, 0.5) is 0 Å². The largest absolute Gasteiger partial charge is 0.574 e. The van der Waals surface area contributed by atoms with Gasteiger partial charge in [-0.2, -0.15) is 0 Å². The maximum Gasteiger partial charge on any atom is 0.574 e. The van der Waals surface area contributed by atoms with Crippen LogP contribution in [0.15, 0.2) is 11.8 Å². The summed E-state index contributed by atoms with van der Waals surface area (Å²) in [5, 5.41) is 3.03. The quantitative estimate of drug-likeness (QED) is 0.310. The second kappa shape index (κ2) is 9.22. The summed E-state index contributed by atoms with van der Waals surface area (Å²) in [7, 11) is -1.21. The first kappa shape index (κ1) is 15.0. The molecule has 0 aromatic heterocycles. The van der Waals surface area contributed by atoms with Gasteiger partial charge >= 0.3 is 7.15 Å². The number of hydrogen-bond donors (Lipinski definition) is 1. The third-order valence-corrected chi connectivity index (χ3v) is 2.93. The Morgan fingerprint density at radius 3 is 2.73 bits per heavy atom. The van der Waals surface area contributed by atoms with Gasteiger partial charge in [0.25, 0.3) is 0 Å². The lowest BCUT2D eigenvalue weighted by molar-refractivity contribution is 0.279. The van der Waals surface area contributed by atoms with Crippen molar-refractivity contribution >= 4 is 19.0 Å². The summed E-state index contributed by atoms with van der Waals surface area (Å²) in [4.78, 5) is 0. The van der Waals surface area contributed by atoms with Gasteiger partial charge in [0.1, 0.15) is 0 Å². The maximum absolute atomic E-state index is 5.43. The minimum absolute atomic E-state index is 0.461. The van der Waals surface area contributed by atoms with Crippen LogP contribution in [-0.4, -0.2) is 13.3 Å². The summed E-state index contributed by atoms with van der Waals surface area (Å²) in [6.07, 6.45) is 3.07. The van der Waals surface area contributed by atoms with E-state index in [9.17, 15) is 0 Å². The lowest BCUT2D eigenvalue weighted by Gasteiger charge is -1.99. The SMILES string of the molecule is CCNCO[P+](=S)OC(C)=CCC(C)C. The highest BCUT2D eigenvalue weighted by Gasteiger charge is 2.14. The minimum atomic E-state index is -1.21. The Bertz CT molecular complexity index is 219. The standard InChI is InChI=1S/C10H21NO2PS/c1-5-11-8-12-14(15)13-10(4)7-6-9(2)3/h7,9,11H,5-6,8H2,1-4H3/q+1. The molecule has 0 fully saturated rings. The van der Waals surface area contributed by atoms with E-state index in [1.54, 1.807) is 0 Å². The molecule has 1 N–H and O–H groups in total. The van der Waals surface area contributed by atoms with Gasteiger partial charge in [0, 0.05) is 0 Å². The smallest absolute Gasteiger partial charge is 0.291 e. The van der Waals surface area contributed by atoms with Crippen LogP contribution in [0.3, 0.4) is 0 Å². The average Bonchev–Trinajstić information content (AvgIpc) is 2.15. The molecule has 0 aliphatic heterocycles. The molecule has 0 saturated heterocycles. The predicted molar refractivity (Wildman–Crippen MR) is 68.2 cm³/mol. The molecule has 0 rings (SSSR count). The third-order valence-electron chi connectivity index (χ3n) is 1.62. The fourth-order valence-electron chi connectivity index (χ4n) is 0.783. The number of nitrogens with one attached hydrogen (secondary N) is 1. The molecule has 0 amide bonds. The van der Waals surface area contributed by atoms with Crippen molar-refractivity contribution in [2.45, 2.75) is 34.1 Å². The van der Waals surface area contributed by atoms with Crippen LogP contribution in [0.5, 0.6) is 0 Å². The molecule has 0 aliphatic carbocycles. The summed E-state index contributed by atoms with van der Waals surface area (Å²) in [6, 6.07) is 0. The van der Waals surface area contributed by atoms with Crippen molar-refractivity contribution in [3.8, 4) is 0 Å². The van der Waals surface area contributed by atoms with Gasteiger partial charge in [-0.1, -0.05) is 20.8 Å². The fourth-order valence-corrected chi connectivity index (χ4v) is 1.85. The number of hydrogen-bond acceptors (Lipinski definition) is 4. The zero-order chi connectivity index (χ0) is 11.7. The van der Waals surface area contributed by atoms with Crippen molar-refractivity contribution in [1.82, 2.24) is 5.32 Å². The maximum atomic E-state index is 5.43. The number of rotatable bonds is 8. The lowest BCUT2D eigenvalue weighted by atomic mass is 10.1. The summed E-state index contributed by atoms with van der Waals surface area (Å²) in [5.74, 6) is 1.50. The third kappa shape index (κ3) is 10.3. The Labute approximate surface area is 98.8 Å². The van der Waals surface area contributed by atoms with E-state index in [2.05, 4.69) is 25.2 Å². The molecule has 1 unspecified atom stereocenters. The molecule has 0 heterocycles. The van der Waals surface area contributed by atoms with Gasteiger partial charge in [-0.05, 0) is 31.9 Å². The van der Waals surface area contributed by atoms with Crippen LogP contribution in [-0.2, 0) is 20.9 Å². The second-order valence-electron chi connectivity index (χ2n) is 3.64. The van der Waals surface area contributed by atoms with Crippen molar-refractivity contribution in [3.63, 3.8) is 0 Å². The first-order chi connectivity index (χ1) is 7.06. The van der Waals surface area contributed by atoms with Crippen molar-refractivity contribution in [1.29, 1.82) is 0 Å². The molecule has 5 heteroatoms. The van der Waals surface area contributed by atoms with Crippen LogP contribution >= 0.6 is 7.15 Å². The summed E-state index contributed by atoms with van der Waals surface area (Å²) < 4.78 is 10.7. The molecular formula is C10H21NO2PS+. The van der Waals surface area contributed by atoms with Gasteiger partial charge in [0.15, 0.2) is 12.5 Å². The zero-order valence-corrected chi connectivity index (χ0v) is 11.7. The van der Waals surface area contributed by atoms with E-state index in [-0.39, 0.29) is 0 Å². The predicted octanol–water partition coefficient (Wildman–Crippen LogP) is 3.31. The molecule has 0 saturated carbocycles. The van der Waals surface area contributed by atoms with Crippen LogP contribution in [0, 0.1) is 5.92 Å². The fraction of sp³-hybridized carbons (Fsp3) is 0.800. The normalized spacial score (nSPS) is 13.1. The first-order valence-corrected chi connectivity index (χ1v) is 7.41. The van der Waals surface area contributed by atoms with E-state index < -0.39 is 7.15 Å². The van der Waals surface area contributed by atoms with Crippen LogP contribution in [0.25, 0.3) is 0 Å². The van der Waals surface area contributed by atoms with Crippen molar-refractivity contribution in [3.05, 3.63) is 11.8 Å². The molecule has 0 bridgehead atoms. The van der Waals surface area contributed by atoms with E-state index in [4.69, 9.17) is 20.9 Å². The molecule has 88 valence electrons. The molecule has 0 radical (unpaired) electrons. The Kier molecular flexibility index (Phi) is 9.21. The molecular weight excluding hydrogens is 229 g/mol. The highest BCUT2D eigenvalue weighted by Crippen LogP contribution is 2.27. The van der Waals surface area contributed by atoms with Gasteiger partial charge in [-0.15, -0.1) is 4.52 Å². The summed E-state index contributed by atoms with van der Waals surface area (Å²) >= 11 is 5.05. The van der Waals surface area contributed by atoms with E-state index >= 15 is 0 Å². The minimum Gasteiger partial charge on any atom is -0.291 e. The molecule has 0 spiro atoms. The van der Waals surface area contributed by atoms with E-state index in [1.165, 1.54) is 0 Å². The molecule has 3 nitrogen and oxygen atoms in total.